The Kier molecular flexibility index (Phi) is 5.56. The van der Waals surface area contributed by atoms with Crippen LogP contribution in [0.15, 0.2) is 12.3 Å². The summed E-state index contributed by atoms with van der Waals surface area (Å²) in [7, 11) is 0. The highest BCUT2D eigenvalue weighted by molar-refractivity contribution is 6.31. The second-order valence-electron chi connectivity index (χ2n) is 4.00. The topological polar surface area (TPSA) is 34.1 Å². The summed E-state index contributed by atoms with van der Waals surface area (Å²) >= 11 is 6.06. The number of nitrogens with zero attached hydrogens (tertiary/aromatic N) is 1. The quantitative estimate of drug-likeness (QED) is 0.833. The lowest BCUT2D eigenvalue weighted by atomic mass is 10.2. The monoisotopic (exact) mass is 242 g/mol. The fourth-order valence-electron chi connectivity index (χ4n) is 1.19. The fraction of sp³-hybridized carbons (Fsp3) is 0.583. The third-order valence-corrected chi connectivity index (χ3v) is 2.40. The molecule has 0 unspecified atom stereocenters. The maximum Gasteiger partial charge on any atom is 0.213 e. The molecular formula is C12H19ClN2O. The predicted octanol–water partition coefficient (Wildman–Crippen LogP) is 3.02. The van der Waals surface area contributed by atoms with Gasteiger partial charge >= 0.3 is 0 Å². The van der Waals surface area contributed by atoms with E-state index in [1.807, 2.05) is 6.07 Å². The highest BCUT2D eigenvalue weighted by Crippen LogP contribution is 2.19. The van der Waals surface area contributed by atoms with Crippen molar-refractivity contribution in [2.24, 2.45) is 0 Å². The molecule has 1 heterocycles. The number of halogens is 1. The molecule has 1 rings (SSSR count). The predicted molar refractivity (Wildman–Crippen MR) is 67.0 cm³/mol. The summed E-state index contributed by atoms with van der Waals surface area (Å²) in [4.78, 5) is 4.12. The van der Waals surface area contributed by atoms with Crippen LogP contribution in [0.4, 0.5) is 0 Å². The van der Waals surface area contributed by atoms with Crippen molar-refractivity contribution in [1.29, 1.82) is 0 Å². The van der Waals surface area contributed by atoms with Crippen LogP contribution in [0.5, 0.6) is 5.88 Å². The Morgan fingerprint density at radius 1 is 1.50 bits per heavy atom. The lowest BCUT2D eigenvalue weighted by Gasteiger charge is -2.11. The molecule has 0 spiro atoms. The average Bonchev–Trinajstić information content (AvgIpc) is 2.26. The number of hydrogen-bond acceptors (Lipinski definition) is 3. The largest absolute Gasteiger partial charge is 0.478 e. The molecule has 0 aromatic carbocycles. The number of aromatic nitrogens is 1. The first kappa shape index (κ1) is 13.3. The summed E-state index contributed by atoms with van der Waals surface area (Å²) in [6.07, 6.45) is 2.62. The van der Waals surface area contributed by atoms with Crippen LogP contribution in [0.25, 0.3) is 0 Å². The third-order valence-electron chi connectivity index (χ3n) is 2.06. The van der Waals surface area contributed by atoms with Crippen LogP contribution < -0.4 is 10.1 Å². The zero-order valence-corrected chi connectivity index (χ0v) is 10.8. The molecule has 1 aromatic heterocycles. The standard InChI is InChI=1S/C12H19ClN2O/c1-4-5-16-12-6-10(7-14-9(2)3)11(13)8-15-12/h6,8-9,14H,4-5,7H2,1-3H3. The maximum atomic E-state index is 6.06. The van der Waals surface area contributed by atoms with Crippen LogP contribution in [0.2, 0.25) is 5.02 Å². The van der Waals surface area contributed by atoms with E-state index in [-0.39, 0.29) is 0 Å². The van der Waals surface area contributed by atoms with Crippen LogP contribution >= 0.6 is 11.6 Å². The minimum atomic E-state index is 0.434. The van der Waals surface area contributed by atoms with Crippen LogP contribution in [0, 0.1) is 0 Å². The van der Waals surface area contributed by atoms with Gasteiger partial charge in [-0.15, -0.1) is 0 Å². The molecule has 4 heteroatoms. The van der Waals surface area contributed by atoms with Gasteiger partial charge in [0, 0.05) is 24.8 Å². The van der Waals surface area contributed by atoms with E-state index >= 15 is 0 Å². The summed E-state index contributed by atoms with van der Waals surface area (Å²) in [6, 6.07) is 2.33. The van der Waals surface area contributed by atoms with Crippen LogP contribution in [0.3, 0.4) is 0 Å². The summed E-state index contributed by atoms with van der Waals surface area (Å²) < 4.78 is 5.46. The molecule has 16 heavy (non-hydrogen) atoms. The highest BCUT2D eigenvalue weighted by Gasteiger charge is 2.04. The second kappa shape index (κ2) is 6.71. The molecule has 0 aliphatic carbocycles. The highest BCUT2D eigenvalue weighted by atomic mass is 35.5. The van der Waals surface area contributed by atoms with E-state index < -0.39 is 0 Å². The zero-order valence-electron chi connectivity index (χ0n) is 10.1. The van der Waals surface area contributed by atoms with Crippen molar-refractivity contribution < 1.29 is 4.74 Å². The van der Waals surface area contributed by atoms with Crippen molar-refractivity contribution in [3.05, 3.63) is 22.8 Å². The van der Waals surface area contributed by atoms with Gasteiger partial charge < -0.3 is 10.1 Å². The summed E-state index contributed by atoms with van der Waals surface area (Å²) in [5.74, 6) is 0.645. The average molecular weight is 243 g/mol. The van der Waals surface area contributed by atoms with Gasteiger partial charge in [0.1, 0.15) is 0 Å². The van der Waals surface area contributed by atoms with E-state index in [4.69, 9.17) is 16.3 Å². The zero-order chi connectivity index (χ0) is 12.0. The summed E-state index contributed by atoms with van der Waals surface area (Å²) in [6.45, 7) is 7.69. The lowest BCUT2D eigenvalue weighted by molar-refractivity contribution is 0.305. The van der Waals surface area contributed by atoms with E-state index in [9.17, 15) is 0 Å². The molecule has 0 amide bonds. The van der Waals surface area contributed by atoms with E-state index in [0.29, 0.717) is 23.6 Å². The molecule has 0 fully saturated rings. The maximum absolute atomic E-state index is 6.06. The Hall–Kier alpha value is -0.800. The molecule has 0 aliphatic rings. The molecule has 0 saturated heterocycles. The SMILES string of the molecule is CCCOc1cc(CNC(C)C)c(Cl)cn1. The van der Waals surface area contributed by atoms with Gasteiger partial charge in [-0.25, -0.2) is 4.98 Å². The Labute approximate surface area is 102 Å². The second-order valence-corrected chi connectivity index (χ2v) is 4.41. The molecule has 1 aromatic rings. The minimum Gasteiger partial charge on any atom is -0.478 e. The number of pyridine rings is 1. The van der Waals surface area contributed by atoms with Gasteiger partial charge in [-0.1, -0.05) is 32.4 Å². The first-order chi connectivity index (χ1) is 7.63. The minimum absolute atomic E-state index is 0.434. The molecule has 0 radical (unpaired) electrons. The van der Waals surface area contributed by atoms with Crippen LogP contribution in [0.1, 0.15) is 32.8 Å². The summed E-state index contributed by atoms with van der Waals surface area (Å²) in [5, 5.41) is 4.00. The third kappa shape index (κ3) is 4.37. The number of rotatable bonds is 6. The lowest BCUT2D eigenvalue weighted by Crippen LogP contribution is -2.22. The fourth-order valence-corrected chi connectivity index (χ4v) is 1.36. The van der Waals surface area contributed by atoms with E-state index in [0.717, 1.165) is 18.5 Å². The van der Waals surface area contributed by atoms with E-state index in [1.165, 1.54) is 0 Å². The molecule has 1 N–H and O–H groups in total. The van der Waals surface area contributed by atoms with E-state index in [1.54, 1.807) is 6.20 Å². The molecule has 3 nitrogen and oxygen atoms in total. The van der Waals surface area contributed by atoms with Crippen molar-refractivity contribution in [1.82, 2.24) is 10.3 Å². The number of ether oxygens (including phenoxy) is 1. The van der Waals surface area contributed by atoms with Gasteiger partial charge in [0.2, 0.25) is 5.88 Å². The summed E-state index contributed by atoms with van der Waals surface area (Å²) in [5.41, 5.74) is 1.02. The van der Waals surface area contributed by atoms with Crippen molar-refractivity contribution in [3.8, 4) is 5.88 Å². The van der Waals surface area contributed by atoms with Crippen molar-refractivity contribution >= 4 is 11.6 Å². The van der Waals surface area contributed by atoms with Crippen LogP contribution in [-0.4, -0.2) is 17.6 Å². The van der Waals surface area contributed by atoms with Gasteiger partial charge in [-0.05, 0) is 12.0 Å². The molecule has 90 valence electrons. The Morgan fingerprint density at radius 2 is 2.25 bits per heavy atom. The van der Waals surface area contributed by atoms with Gasteiger partial charge in [0.25, 0.3) is 0 Å². The van der Waals surface area contributed by atoms with Gasteiger partial charge in [-0.2, -0.15) is 0 Å². The van der Waals surface area contributed by atoms with E-state index in [2.05, 4.69) is 31.1 Å². The van der Waals surface area contributed by atoms with Crippen molar-refractivity contribution in [3.63, 3.8) is 0 Å². The smallest absolute Gasteiger partial charge is 0.213 e. The first-order valence-electron chi connectivity index (χ1n) is 5.64. The number of hydrogen-bond donors (Lipinski definition) is 1. The van der Waals surface area contributed by atoms with Crippen molar-refractivity contribution in [2.75, 3.05) is 6.61 Å². The Balaban J connectivity index is 2.66. The van der Waals surface area contributed by atoms with Crippen molar-refractivity contribution in [2.45, 2.75) is 39.8 Å². The molecule has 0 bridgehead atoms. The molecular weight excluding hydrogens is 224 g/mol. The van der Waals surface area contributed by atoms with Gasteiger partial charge in [0.15, 0.2) is 0 Å². The Morgan fingerprint density at radius 3 is 2.88 bits per heavy atom. The van der Waals surface area contributed by atoms with Gasteiger partial charge in [0.05, 0.1) is 11.6 Å². The molecule has 0 saturated carbocycles. The number of nitrogens with one attached hydrogen (secondary N) is 1. The normalized spacial score (nSPS) is 10.8. The first-order valence-corrected chi connectivity index (χ1v) is 6.02. The Bertz CT molecular complexity index is 329. The molecule has 0 aliphatic heterocycles. The van der Waals surface area contributed by atoms with Crippen LogP contribution in [-0.2, 0) is 6.54 Å². The molecule has 0 atom stereocenters. The van der Waals surface area contributed by atoms with Gasteiger partial charge in [-0.3, -0.25) is 0 Å².